The normalized spacial score (nSPS) is 11.1. The van der Waals surface area contributed by atoms with Gasteiger partial charge in [0.25, 0.3) is 0 Å². The van der Waals surface area contributed by atoms with Gasteiger partial charge >= 0.3 is 0 Å². The van der Waals surface area contributed by atoms with Crippen LogP contribution in [0.5, 0.6) is 0 Å². The molecule has 0 saturated heterocycles. The third-order valence-electron chi connectivity index (χ3n) is 6.74. The fourth-order valence-corrected chi connectivity index (χ4v) is 4.91. The van der Waals surface area contributed by atoms with E-state index in [9.17, 15) is 5.26 Å². The Morgan fingerprint density at radius 2 is 1.13 bits per heavy atom. The first kappa shape index (κ1) is 22.6. The molecular formula is C34H20N4O. The van der Waals surface area contributed by atoms with Crippen molar-refractivity contribution in [3.05, 3.63) is 127 Å². The highest BCUT2D eigenvalue weighted by Crippen LogP contribution is 2.39. The van der Waals surface area contributed by atoms with Gasteiger partial charge in [-0.15, -0.1) is 0 Å². The Morgan fingerprint density at radius 3 is 1.87 bits per heavy atom. The second-order valence-corrected chi connectivity index (χ2v) is 9.23. The van der Waals surface area contributed by atoms with E-state index in [-0.39, 0.29) is 0 Å². The summed E-state index contributed by atoms with van der Waals surface area (Å²) in [6, 6.07) is 41.8. The van der Waals surface area contributed by atoms with Gasteiger partial charge in [0, 0.05) is 27.5 Å². The Balaban J connectivity index is 1.51. The summed E-state index contributed by atoms with van der Waals surface area (Å²) in [5.41, 5.74) is 6.72. The topological polar surface area (TPSA) is 75.6 Å². The average Bonchev–Trinajstić information content (AvgIpc) is 3.40. The molecule has 39 heavy (non-hydrogen) atoms. The van der Waals surface area contributed by atoms with Crippen molar-refractivity contribution < 1.29 is 4.42 Å². The van der Waals surface area contributed by atoms with E-state index in [0.29, 0.717) is 23.0 Å². The van der Waals surface area contributed by atoms with Crippen LogP contribution in [0.2, 0.25) is 0 Å². The summed E-state index contributed by atoms with van der Waals surface area (Å²) >= 11 is 0. The summed E-state index contributed by atoms with van der Waals surface area (Å²) in [5, 5.41) is 11.6. The summed E-state index contributed by atoms with van der Waals surface area (Å²) in [6.45, 7) is 0. The van der Waals surface area contributed by atoms with Crippen molar-refractivity contribution in [2.45, 2.75) is 0 Å². The molecule has 2 heterocycles. The van der Waals surface area contributed by atoms with Crippen molar-refractivity contribution in [3.8, 4) is 51.4 Å². The first-order valence-corrected chi connectivity index (χ1v) is 12.6. The second-order valence-electron chi connectivity index (χ2n) is 9.23. The fraction of sp³-hybridized carbons (Fsp3) is 0. The van der Waals surface area contributed by atoms with Crippen molar-refractivity contribution >= 4 is 21.9 Å². The molecule has 7 rings (SSSR count). The summed E-state index contributed by atoms with van der Waals surface area (Å²) in [6.07, 6.45) is 0. The Labute approximate surface area is 224 Å². The third-order valence-corrected chi connectivity index (χ3v) is 6.74. The number of nitriles is 1. The third kappa shape index (κ3) is 4.11. The van der Waals surface area contributed by atoms with Crippen LogP contribution in [0, 0.1) is 11.3 Å². The van der Waals surface area contributed by atoms with Gasteiger partial charge in [-0.1, -0.05) is 91.0 Å². The smallest absolute Gasteiger partial charge is 0.164 e. The molecule has 5 heteroatoms. The predicted molar refractivity (Wildman–Crippen MR) is 154 cm³/mol. The molecule has 5 aromatic carbocycles. The molecule has 0 aliphatic heterocycles. The lowest BCUT2D eigenvalue weighted by Gasteiger charge is -2.11. The van der Waals surface area contributed by atoms with Crippen LogP contribution >= 0.6 is 0 Å². The van der Waals surface area contributed by atoms with Gasteiger partial charge in [-0.05, 0) is 41.5 Å². The van der Waals surface area contributed by atoms with Crippen molar-refractivity contribution in [1.29, 1.82) is 5.26 Å². The minimum absolute atomic E-state index is 0.502. The Kier molecular flexibility index (Phi) is 5.42. The van der Waals surface area contributed by atoms with Gasteiger partial charge in [-0.2, -0.15) is 5.26 Å². The van der Waals surface area contributed by atoms with Crippen LogP contribution in [-0.2, 0) is 0 Å². The summed E-state index contributed by atoms with van der Waals surface area (Å²) < 4.78 is 6.33. The second kappa shape index (κ2) is 9.37. The molecule has 182 valence electrons. The van der Waals surface area contributed by atoms with Crippen molar-refractivity contribution in [2.75, 3.05) is 0 Å². The molecule has 0 saturated carbocycles. The zero-order chi connectivity index (χ0) is 26.2. The van der Waals surface area contributed by atoms with Gasteiger partial charge in [-0.25, -0.2) is 15.0 Å². The molecule has 0 atom stereocenters. The molecular weight excluding hydrogens is 480 g/mol. The van der Waals surface area contributed by atoms with E-state index in [0.717, 1.165) is 49.8 Å². The van der Waals surface area contributed by atoms with Gasteiger partial charge in [0.1, 0.15) is 11.2 Å². The van der Waals surface area contributed by atoms with Gasteiger partial charge in [-0.3, -0.25) is 0 Å². The lowest BCUT2D eigenvalue weighted by molar-refractivity contribution is 0.669. The van der Waals surface area contributed by atoms with E-state index in [2.05, 4.69) is 30.3 Å². The van der Waals surface area contributed by atoms with E-state index in [1.165, 1.54) is 0 Å². The van der Waals surface area contributed by atoms with E-state index in [4.69, 9.17) is 19.4 Å². The lowest BCUT2D eigenvalue weighted by Crippen LogP contribution is -2.00. The standard InChI is InChI=1S/C34H20N4O/c35-21-22-10-9-15-25(18-22)33-36-32(24-13-5-2-6-14-24)37-34(38-33)26-19-28(23-11-3-1-4-12-23)31-27-16-7-8-17-29(27)39-30(31)20-26/h1-20H. The Bertz CT molecular complexity index is 2020. The van der Waals surface area contributed by atoms with Gasteiger partial charge in [0.2, 0.25) is 0 Å². The minimum atomic E-state index is 0.502. The lowest BCUT2D eigenvalue weighted by atomic mass is 9.97. The minimum Gasteiger partial charge on any atom is -0.456 e. The largest absolute Gasteiger partial charge is 0.456 e. The molecule has 0 fully saturated rings. The van der Waals surface area contributed by atoms with Crippen LogP contribution in [-0.4, -0.2) is 15.0 Å². The average molecular weight is 501 g/mol. The number of fused-ring (bicyclic) bond motifs is 3. The highest BCUT2D eigenvalue weighted by molar-refractivity contribution is 6.13. The molecule has 0 aliphatic carbocycles. The van der Waals surface area contributed by atoms with E-state index in [1.807, 2.05) is 84.9 Å². The highest BCUT2D eigenvalue weighted by Gasteiger charge is 2.18. The Morgan fingerprint density at radius 1 is 0.513 bits per heavy atom. The van der Waals surface area contributed by atoms with E-state index < -0.39 is 0 Å². The van der Waals surface area contributed by atoms with Crippen LogP contribution < -0.4 is 0 Å². The SMILES string of the molecule is N#Cc1cccc(-c2nc(-c3ccccc3)nc(-c3cc(-c4ccccc4)c4c(c3)oc3ccccc34)n2)c1. The fourth-order valence-electron chi connectivity index (χ4n) is 4.91. The number of nitrogens with zero attached hydrogens (tertiary/aromatic N) is 4. The van der Waals surface area contributed by atoms with Crippen molar-refractivity contribution in [2.24, 2.45) is 0 Å². The number of rotatable bonds is 4. The van der Waals surface area contributed by atoms with Crippen LogP contribution in [0.1, 0.15) is 5.56 Å². The number of hydrogen-bond acceptors (Lipinski definition) is 5. The van der Waals surface area contributed by atoms with Gasteiger partial charge < -0.3 is 4.42 Å². The first-order chi connectivity index (χ1) is 19.3. The Hall–Kier alpha value is -5.60. The quantitative estimate of drug-likeness (QED) is 0.243. The predicted octanol–water partition coefficient (Wildman–Crippen LogP) is 8.31. The monoisotopic (exact) mass is 500 g/mol. The maximum Gasteiger partial charge on any atom is 0.164 e. The summed E-state index contributed by atoms with van der Waals surface area (Å²) in [4.78, 5) is 14.6. The molecule has 7 aromatic rings. The molecule has 0 N–H and O–H groups in total. The number of para-hydroxylation sites is 1. The first-order valence-electron chi connectivity index (χ1n) is 12.6. The molecule has 0 aliphatic rings. The molecule has 2 aromatic heterocycles. The van der Waals surface area contributed by atoms with E-state index >= 15 is 0 Å². The van der Waals surface area contributed by atoms with Crippen molar-refractivity contribution in [3.63, 3.8) is 0 Å². The molecule has 0 unspecified atom stereocenters. The number of benzene rings is 5. The summed E-state index contributed by atoms with van der Waals surface area (Å²) in [5.74, 6) is 1.59. The maximum atomic E-state index is 9.46. The van der Waals surface area contributed by atoms with Gasteiger partial charge in [0.15, 0.2) is 17.5 Å². The molecule has 5 nitrogen and oxygen atoms in total. The van der Waals surface area contributed by atoms with E-state index in [1.54, 1.807) is 12.1 Å². The van der Waals surface area contributed by atoms with Crippen LogP contribution in [0.4, 0.5) is 0 Å². The molecule has 0 bridgehead atoms. The number of hydrogen-bond donors (Lipinski definition) is 0. The number of furan rings is 1. The summed E-state index contributed by atoms with van der Waals surface area (Å²) in [7, 11) is 0. The molecule has 0 radical (unpaired) electrons. The number of aromatic nitrogens is 3. The zero-order valence-corrected chi connectivity index (χ0v) is 20.7. The molecule has 0 amide bonds. The van der Waals surface area contributed by atoms with Crippen LogP contribution in [0.15, 0.2) is 126 Å². The molecule has 0 spiro atoms. The zero-order valence-electron chi connectivity index (χ0n) is 20.7. The van der Waals surface area contributed by atoms with Crippen LogP contribution in [0.25, 0.3) is 67.2 Å². The highest BCUT2D eigenvalue weighted by atomic mass is 16.3. The van der Waals surface area contributed by atoms with Crippen molar-refractivity contribution in [1.82, 2.24) is 15.0 Å². The van der Waals surface area contributed by atoms with Crippen LogP contribution in [0.3, 0.4) is 0 Å². The van der Waals surface area contributed by atoms with Gasteiger partial charge in [0.05, 0.1) is 11.6 Å². The maximum absolute atomic E-state index is 9.46.